The standard InChI is InChI=1S/C22H26Cl2IN3O4S/c1-4-12-26-22(30)15(2)27(13-18-19(23)6-5-7-20(18)24)21(29)14-28(33(3,31)32)17-10-8-16(25)9-11-17/h5-11,15H,4,12-14H2,1-3H3,(H,26,30). The fourth-order valence-electron chi connectivity index (χ4n) is 3.05. The van der Waals surface area contributed by atoms with Gasteiger partial charge in [-0.1, -0.05) is 36.2 Å². The third-order valence-corrected chi connectivity index (χ3v) is 7.47. The molecule has 0 saturated heterocycles. The first-order valence-corrected chi connectivity index (χ1v) is 13.9. The number of nitrogens with one attached hydrogen (secondary N) is 1. The molecule has 0 fully saturated rings. The van der Waals surface area contributed by atoms with Crippen molar-refractivity contribution in [2.24, 2.45) is 0 Å². The van der Waals surface area contributed by atoms with E-state index >= 15 is 0 Å². The molecule has 2 rings (SSSR count). The summed E-state index contributed by atoms with van der Waals surface area (Å²) >= 11 is 14.7. The zero-order chi connectivity index (χ0) is 24.8. The minimum atomic E-state index is -3.78. The van der Waals surface area contributed by atoms with Crippen LogP contribution in [0.3, 0.4) is 0 Å². The van der Waals surface area contributed by atoms with Crippen molar-refractivity contribution in [1.29, 1.82) is 0 Å². The summed E-state index contributed by atoms with van der Waals surface area (Å²) in [6, 6.07) is 10.8. The van der Waals surface area contributed by atoms with Gasteiger partial charge >= 0.3 is 0 Å². The number of benzene rings is 2. The number of carbonyl (C=O) groups is 2. The van der Waals surface area contributed by atoms with Crippen molar-refractivity contribution in [1.82, 2.24) is 10.2 Å². The highest BCUT2D eigenvalue weighted by atomic mass is 127. The van der Waals surface area contributed by atoms with Crippen LogP contribution in [-0.2, 0) is 26.2 Å². The largest absolute Gasteiger partial charge is 0.354 e. The Kier molecular flexibility index (Phi) is 10.3. The molecular formula is C22H26Cl2IN3O4S. The second kappa shape index (κ2) is 12.2. The quantitative estimate of drug-likeness (QED) is 0.399. The van der Waals surface area contributed by atoms with Gasteiger partial charge in [-0.2, -0.15) is 0 Å². The SMILES string of the molecule is CCCNC(=O)C(C)N(Cc1c(Cl)cccc1Cl)C(=O)CN(c1ccc(I)cc1)S(C)(=O)=O. The molecule has 0 spiro atoms. The Morgan fingerprint density at radius 1 is 1.09 bits per heavy atom. The van der Waals surface area contributed by atoms with Gasteiger partial charge in [-0.3, -0.25) is 13.9 Å². The minimum Gasteiger partial charge on any atom is -0.354 e. The average Bonchev–Trinajstić information content (AvgIpc) is 2.75. The Morgan fingerprint density at radius 3 is 2.18 bits per heavy atom. The second-order valence-electron chi connectivity index (χ2n) is 7.43. The van der Waals surface area contributed by atoms with E-state index in [9.17, 15) is 18.0 Å². The number of hydrogen-bond donors (Lipinski definition) is 1. The molecule has 0 radical (unpaired) electrons. The lowest BCUT2D eigenvalue weighted by Gasteiger charge is -2.32. The molecule has 0 saturated carbocycles. The van der Waals surface area contributed by atoms with E-state index < -0.39 is 28.5 Å². The number of carbonyl (C=O) groups excluding carboxylic acids is 2. The van der Waals surface area contributed by atoms with Crippen molar-refractivity contribution >= 4 is 73.3 Å². The average molecular weight is 626 g/mol. The van der Waals surface area contributed by atoms with Crippen LogP contribution >= 0.6 is 45.8 Å². The number of nitrogens with zero attached hydrogens (tertiary/aromatic N) is 2. The predicted molar refractivity (Wildman–Crippen MR) is 141 cm³/mol. The number of amides is 2. The van der Waals surface area contributed by atoms with Gasteiger partial charge in [0.1, 0.15) is 12.6 Å². The molecule has 11 heteroatoms. The van der Waals surface area contributed by atoms with Crippen molar-refractivity contribution in [2.75, 3.05) is 23.7 Å². The molecule has 0 heterocycles. The maximum Gasteiger partial charge on any atom is 0.244 e. The second-order valence-corrected chi connectivity index (χ2v) is 11.4. The Morgan fingerprint density at radius 2 is 1.67 bits per heavy atom. The molecule has 0 bridgehead atoms. The first-order valence-electron chi connectivity index (χ1n) is 10.2. The lowest BCUT2D eigenvalue weighted by atomic mass is 10.1. The molecule has 0 aliphatic rings. The van der Waals surface area contributed by atoms with Crippen molar-refractivity contribution in [3.8, 4) is 0 Å². The zero-order valence-corrected chi connectivity index (χ0v) is 23.0. The molecule has 33 heavy (non-hydrogen) atoms. The van der Waals surface area contributed by atoms with Crippen LogP contribution < -0.4 is 9.62 Å². The highest BCUT2D eigenvalue weighted by Crippen LogP contribution is 2.27. The van der Waals surface area contributed by atoms with Gasteiger partial charge in [-0.05, 0) is 72.3 Å². The number of halogens is 3. The fourth-order valence-corrected chi connectivity index (χ4v) is 4.78. The van der Waals surface area contributed by atoms with Crippen molar-refractivity contribution in [3.05, 3.63) is 61.6 Å². The zero-order valence-electron chi connectivity index (χ0n) is 18.5. The summed E-state index contributed by atoms with van der Waals surface area (Å²) in [5.41, 5.74) is 0.828. The molecule has 0 aliphatic heterocycles. The third-order valence-electron chi connectivity index (χ3n) is 4.90. The Balaban J connectivity index is 2.42. The molecule has 1 atom stereocenters. The number of hydrogen-bond acceptors (Lipinski definition) is 4. The van der Waals surface area contributed by atoms with Gasteiger partial charge in [-0.15, -0.1) is 0 Å². The molecule has 0 aliphatic carbocycles. The summed E-state index contributed by atoms with van der Waals surface area (Å²) in [4.78, 5) is 27.4. The summed E-state index contributed by atoms with van der Waals surface area (Å²) < 4.78 is 27.0. The molecule has 7 nitrogen and oxygen atoms in total. The molecule has 180 valence electrons. The van der Waals surface area contributed by atoms with Crippen LogP contribution in [0.1, 0.15) is 25.8 Å². The molecule has 2 amide bonds. The monoisotopic (exact) mass is 625 g/mol. The summed E-state index contributed by atoms with van der Waals surface area (Å²) in [5.74, 6) is -0.914. The van der Waals surface area contributed by atoms with Crippen LogP contribution in [0, 0.1) is 3.57 Å². The van der Waals surface area contributed by atoms with Crippen LogP contribution in [-0.4, -0.2) is 50.5 Å². The van der Waals surface area contributed by atoms with E-state index in [0.717, 1.165) is 20.6 Å². The molecule has 1 unspecified atom stereocenters. The first-order chi connectivity index (χ1) is 15.5. The van der Waals surface area contributed by atoms with E-state index in [2.05, 4.69) is 27.9 Å². The summed E-state index contributed by atoms with van der Waals surface area (Å²) in [5, 5.41) is 3.47. The van der Waals surface area contributed by atoms with E-state index in [1.165, 1.54) is 4.90 Å². The summed E-state index contributed by atoms with van der Waals surface area (Å²) in [7, 11) is -3.78. The van der Waals surface area contributed by atoms with Crippen molar-refractivity contribution in [3.63, 3.8) is 0 Å². The first kappa shape index (κ1) is 27.7. The Labute approximate surface area is 218 Å². The van der Waals surface area contributed by atoms with Gasteiger partial charge in [0.2, 0.25) is 21.8 Å². The van der Waals surface area contributed by atoms with E-state index in [1.54, 1.807) is 49.4 Å². The maximum atomic E-state index is 13.4. The fraction of sp³-hybridized carbons (Fsp3) is 0.364. The van der Waals surface area contributed by atoms with E-state index in [-0.39, 0.29) is 12.5 Å². The predicted octanol–water partition coefficient (Wildman–Crippen LogP) is 4.31. The topological polar surface area (TPSA) is 86.8 Å². The molecule has 1 N–H and O–H groups in total. The molecule has 2 aromatic rings. The van der Waals surface area contributed by atoms with Crippen LogP contribution in [0.2, 0.25) is 10.0 Å². The van der Waals surface area contributed by atoms with Gasteiger partial charge in [0.25, 0.3) is 0 Å². The molecular weight excluding hydrogens is 600 g/mol. The highest BCUT2D eigenvalue weighted by Gasteiger charge is 2.30. The minimum absolute atomic E-state index is 0.0532. The van der Waals surface area contributed by atoms with Crippen molar-refractivity contribution < 1.29 is 18.0 Å². The van der Waals surface area contributed by atoms with Crippen molar-refractivity contribution in [2.45, 2.75) is 32.9 Å². The van der Waals surface area contributed by atoms with Crippen LogP contribution in [0.25, 0.3) is 0 Å². The van der Waals surface area contributed by atoms with Gasteiger partial charge in [0, 0.05) is 32.3 Å². The smallest absolute Gasteiger partial charge is 0.244 e. The lowest BCUT2D eigenvalue weighted by molar-refractivity contribution is -0.139. The maximum absolute atomic E-state index is 13.4. The number of rotatable bonds is 10. The van der Waals surface area contributed by atoms with Crippen LogP contribution in [0.15, 0.2) is 42.5 Å². The Bertz CT molecular complexity index is 1080. The normalized spacial score (nSPS) is 12.2. The summed E-state index contributed by atoms with van der Waals surface area (Å²) in [6.07, 6.45) is 1.77. The third kappa shape index (κ3) is 7.73. The van der Waals surface area contributed by atoms with Gasteiger partial charge in [0.05, 0.1) is 11.9 Å². The number of sulfonamides is 1. The molecule has 2 aromatic carbocycles. The lowest BCUT2D eigenvalue weighted by Crippen LogP contribution is -2.51. The van der Waals surface area contributed by atoms with Gasteiger partial charge in [-0.25, -0.2) is 8.42 Å². The number of anilines is 1. The Hall–Kier alpha value is -1.56. The van der Waals surface area contributed by atoms with E-state index in [4.69, 9.17) is 23.2 Å². The van der Waals surface area contributed by atoms with E-state index in [1.807, 2.05) is 6.92 Å². The highest BCUT2D eigenvalue weighted by molar-refractivity contribution is 14.1. The van der Waals surface area contributed by atoms with E-state index in [0.29, 0.717) is 27.8 Å². The van der Waals surface area contributed by atoms with Crippen LogP contribution in [0.5, 0.6) is 0 Å². The van der Waals surface area contributed by atoms with Crippen LogP contribution in [0.4, 0.5) is 5.69 Å². The van der Waals surface area contributed by atoms with Gasteiger partial charge < -0.3 is 10.2 Å². The summed E-state index contributed by atoms with van der Waals surface area (Å²) in [6.45, 7) is 3.43. The van der Waals surface area contributed by atoms with Gasteiger partial charge in [0.15, 0.2) is 0 Å². The molecule has 0 aromatic heterocycles.